The maximum absolute atomic E-state index is 9.03. The van der Waals surface area contributed by atoms with Gasteiger partial charge in [-0.05, 0) is 30.0 Å². The van der Waals surface area contributed by atoms with Crippen molar-refractivity contribution < 1.29 is 0 Å². The minimum absolute atomic E-state index is 0.113. The summed E-state index contributed by atoms with van der Waals surface area (Å²) in [6.07, 6.45) is 0. The van der Waals surface area contributed by atoms with Crippen molar-refractivity contribution in [2.24, 2.45) is 0 Å². The van der Waals surface area contributed by atoms with Gasteiger partial charge in [-0.1, -0.05) is 32.9 Å². The van der Waals surface area contributed by atoms with E-state index in [1.807, 2.05) is 12.1 Å². The fraction of sp³-hybridized carbons (Fsp3) is 0.333. The number of aryl methyl sites for hydroxylation is 1. The molecule has 0 unspecified atom stereocenters. The van der Waals surface area contributed by atoms with Crippen LogP contribution in [0.15, 0.2) is 24.3 Å². The highest BCUT2D eigenvalue weighted by Gasteiger charge is 2.15. The third-order valence-electron chi connectivity index (χ3n) is 3.19. The van der Waals surface area contributed by atoms with Crippen molar-refractivity contribution in [3.8, 4) is 11.8 Å². The summed E-state index contributed by atoms with van der Waals surface area (Å²) in [5, 5.41) is 13.3. The molecule has 0 bridgehead atoms. The van der Waals surface area contributed by atoms with Gasteiger partial charge in [0.2, 0.25) is 0 Å². The van der Waals surface area contributed by atoms with E-state index in [1.165, 1.54) is 5.56 Å². The highest BCUT2D eigenvalue weighted by molar-refractivity contribution is 5.56. The molecule has 0 aliphatic rings. The lowest BCUT2D eigenvalue weighted by molar-refractivity contribution is 0.590. The van der Waals surface area contributed by atoms with Gasteiger partial charge in [0.15, 0.2) is 0 Å². The summed E-state index contributed by atoms with van der Waals surface area (Å²) in [5.41, 5.74) is 9.28. The van der Waals surface area contributed by atoms with Gasteiger partial charge in [-0.3, -0.25) is 0 Å². The number of aromatic nitrogens is 2. The average Bonchev–Trinajstić information content (AvgIpc) is 2.63. The SMILES string of the molecule is Cc1nn(-c2ccc(C(C)(C)C)cc2)c(N)c1C#N. The Hall–Kier alpha value is -2.28. The topological polar surface area (TPSA) is 67.6 Å². The Morgan fingerprint density at radius 1 is 1.21 bits per heavy atom. The summed E-state index contributed by atoms with van der Waals surface area (Å²) in [5.74, 6) is 0.392. The molecule has 1 aromatic carbocycles. The van der Waals surface area contributed by atoms with Crippen molar-refractivity contribution in [2.75, 3.05) is 5.73 Å². The van der Waals surface area contributed by atoms with Crippen LogP contribution in [0.4, 0.5) is 5.82 Å². The first-order valence-electron chi connectivity index (χ1n) is 6.20. The Balaban J connectivity index is 2.47. The second-order valence-corrected chi connectivity index (χ2v) is 5.67. The van der Waals surface area contributed by atoms with E-state index >= 15 is 0 Å². The first-order chi connectivity index (χ1) is 8.84. The van der Waals surface area contributed by atoms with Crippen molar-refractivity contribution in [2.45, 2.75) is 33.1 Å². The zero-order valence-electron chi connectivity index (χ0n) is 11.7. The van der Waals surface area contributed by atoms with Crippen LogP contribution in [0, 0.1) is 18.3 Å². The average molecular weight is 254 g/mol. The van der Waals surface area contributed by atoms with E-state index in [-0.39, 0.29) is 5.41 Å². The fourth-order valence-corrected chi connectivity index (χ4v) is 1.98. The molecule has 4 nitrogen and oxygen atoms in total. The largest absolute Gasteiger partial charge is 0.382 e. The molecule has 98 valence electrons. The summed E-state index contributed by atoms with van der Waals surface area (Å²) >= 11 is 0. The molecule has 0 radical (unpaired) electrons. The van der Waals surface area contributed by atoms with Gasteiger partial charge in [-0.25, -0.2) is 4.68 Å². The van der Waals surface area contributed by atoms with Gasteiger partial charge in [0.25, 0.3) is 0 Å². The number of hydrogen-bond donors (Lipinski definition) is 1. The number of nitrogens with two attached hydrogens (primary N) is 1. The van der Waals surface area contributed by atoms with Crippen LogP contribution in [0.5, 0.6) is 0 Å². The standard InChI is InChI=1S/C15H18N4/c1-10-13(9-16)14(17)19(18-10)12-7-5-11(6-8-12)15(2,3)4/h5-8H,17H2,1-4H3. The molecule has 0 fully saturated rings. The third-order valence-corrected chi connectivity index (χ3v) is 3.19. The van der Waals surface area contributed by atoms with Gasteiger partial charge in [-0.2, -0.15) is 10.4 Å². The van der Waals surface area contributed by atoms with Gasteiger partial charge in [0.1, 0.15) is 17.5 Å². The number of nitrogen functional groups attached to an aromatic ring is 1. The number of benzene rings is 1. The minimum Gasteiger partial charge on any atom is -0.382 e. The molecule has 19 heavy (non-hydrogen) atoms. The second-order valence-electron chi connectivity index (χ2n) is 5.67. The minimum atomic E-state index is 0.113. The first-order valence-corrected chi connectivity index (χ1v) is 6.20. The van der Waals surface area contributed by atoms with E-state index in [4.69, 9.17) is 11.0 Å². The zero-order valence-corrected chi connectivity index (χ0v) is 11.7. The fourth-order valence-electron chi connectivity index (χ4n) is 1.98. The molecule has 0 atom stereocenters. The highest BCUT2D eigenvalue weighted by atomic mass is 15.3. The molecule has 0 saturated heterocycles. The lowest BCUT2D eigenvalue weighted by atomic mass is 9.87. The first kappa shape index (κ1) is 13.2. The smallest absolute Gasteiger partial charge is 0.145 e. The Morgan fingerprint density at radius 2 is 1.79 bits per heavy atom. The van der Waals surface area contributed by atoms with Crippen molar-refractivity contribution >= 4 is 5.82 Å². The number of nitriles is 1. The van der Waals surface area contributed by atoms with Gasteiger partial charge < -0.3 is 5.73 Å². The van der Waals surface area contributed by atoms with Gasteiger partial charge in [-0.15, -0.1) is 0 Å². The quantitative estimate of drug-likeness (QED) is 0.850. The number of rotatable bonds is 1. The molecule has 0 aliphatic heterocycles. The predicted molar refractivity (Wildman–Crippen MR) is 76.1 cm³/mol. The Bertz CT molecular complexity index is 637. The van der Waals surface area contributed by atoms with E-state index in [0.717, 1.165) is 5.69 Å². The van der Waals surface area contributed by atoms with Crippen LogP contribution in [0.3, 0.4) is 0 Å². The highest BCUT2D eigenvalue weighted by Crippen LogP contribution is 2.25. The molecule has 0 amide bonds. The third kappa shape index (κ3) is 2.32. The molecule has 2 aromatic rings. The van der Waals surface area contributed by atoms with Crippen molar-refractivity contribution in [3.05, 3.63) is 41.1 Å². The molecule has 2 N–H and O–H groups in total. The van der Waals surface area contributed by atoms with Gasteiger partial charge in [0, 0.05) is 0 Å². The maximum Gasteiger partial charge on any atom is 0.145 e. The summed E-state index contributed by atoms with van der Waals surface area (Å²) < 4.78 is 1.61. The van der Waals surface area contributed by atoms with E-state index in [2.05, 4.69) is 44.1 Å². The van der Waals surface area contributed by atoms with Crippen LogP contribution in [0.2, 0.25) is 0 Å². The Morgan fingerprint density at radius 3 is 2.21 bits per heavy atom. The van der Waals surface area contributed by atoms with Crippen LogP contribution in [0.25, 0.3) is 5.69 Å². The van der Waals surface area contributed by atoms with Crippen LogP contribution in [0.1, 0.15) is 37.6 Å². The summed E-state index contributed by atoms with van der Waals surface area (Å²) in [7, 11) is 0. The maximum atomic E-state index is 9.03. The molecule has 1 heterocycles. The number of hydrogen-bond acceptors (Lipinski definition) is 3. The van der Waals surface area contributed by atoms with Gasteiger partial charge in [0.05, 0.1) is 11.4 Å². The molecule has 2 rings (SSSR count). The lowest BCUT2D eigenvalue weighted by Gasteiger charge is -2.19. The Kier molecular flexibility index (Phi) is 3.07. The molecule has 0 saturated carbocycles. The summed E-state index contributed by atoms with van der Waals surface area (Å²) in [4.78, 5) is 0. The van der Waals surface area contributed by atoms with Crippen LogP contribution < -0.4 is 5.73 Å². The number of anilines is 1. The summed E-state index contributed by atoms with van der Waals surface area (Å²) in [6, 6.07) is 10.2. The Labute approximate surface area is 113 Å². The van der Waals surface area contributed by atoms with Crippen LogP contribution in [-0.4, -0.2) is 9.78 Å². The molecule has 0 spiro atoms. The predicted octanol–water partition coefficient (Wildman–Crippen LogP) is 2.93. The summed E-state index contributed by atoms with van der Waals surface area (Å²) in [6.45, 7) is 8.29. The van der Waals surface area contributed by atoms with E-state index in [1.54, 1.807) is 11.6 Å². The van der Waals surface area contributed by atoms with E-state index in [0.29, 0.717) is 17.1 Å². The van der Waals surface area contributed by atoms with Crippen LogP contribution in [-0.2, 0) is 5.41 Å². The monoisotopic (exact) mass is 254 g/mol. The van der Waals surface area contributed by atoms with Crippen molar-refractivity contribution in [1.82, 2.24) is 9.78 Å². The molecule has 4 heteroatoms. The van der Waals surface area contributed by atoms with Gasteiger partial charge >= 0.3 is 0 Å². The van der Waals surface area contributed by atoms with Crippen molar-refractivity contribution in [1.29, 1.82) is 5.26 Å². The van der Waals surface area contributed by atoms with E-state index < -0.39 is 0 Å². The molecular weight excluding hydrogens is 236 g/mol. The zero-order chi connectivity index (χ0) is 14.2. The normalized spacial score (nSPS) is 11.3. The molecule has 1 aromatic heterocycles. The molecule has 0 aliphatic carbocycles. The van der Waals surface area contributed by atoms with E-state index in [9.17, 15) is 0 Å². The second kappa shape index (κ2) is 4.43. The molecular formula is C15H18N4. The lowest BCUT2D eigenvalue weighted by Crippen LogP contribution is -2.11. The van der Waals surface area contributed by atoms with Crippen molar-refractivity contribution in [3.63, 3.8) is 0 Å². The van der Waals surface area contributed by atoms with Crippen LogP contribution >= 0.6 is 0 Å². The number of nitrogens with zero attached hydrogens (tertiary/aromatic N) is 3.